The molecule has 0 amide bonds. The molecule has 0 aliphatic heterocycles. The van der Waals surface area contributed by atoms with Crippen LogP contribution in [0.15, 0.2) is 29.2 Å². The zero-order valence-electron chi connectivity index (χ0n) is 10.4. The van der Waals surface area contributed by atoms with Crippen LogP contribution in [0.25, 0.3) is 5.65 Å². The van der Waals surface area contributed by atoms with Gasteiger partial charge < -0.3 is 9.64 Å². The molecule has 0 aliphatic carbocycles. The van der Waals surface area contributed by atoms with E-state index in [1.807, 2.05) is 0 Å². The molecule has 0 radical (unpaired) electrons. The monoisotopic (exact) mass is 263 g/mol. The van der Waals surface area contributed by atoms with Crippen molar-refractivity contribution >= 4 is 23.0 Å². The van der Waals surface area contributed by atoms with E-state index in [9.17, 15) is 4.79 Å². The van der Waals surface area contributed by atoms with E-state index in [0.717, 1.165) is 0 Å². The van der Waals surface area contributed by atoms with Crippen LogP contribution >= 0.6 is 12.2 Å². The Bertz CT molecular complexity index is 664. The molecule has 0 unspecified atom stereocenters. The molecule has 0 bridgehead atoms. The van der Waals surface area contributed by atoms with Crippen molar-refractivity contribution in [1.29, 1.82) is 0 Å². The molecule has 0 N–H and O–H groups in total. The number of fused-ring (bicyclic) bond motifs is 1. The van der Waals surface area contributed by atoms with Crippen molar-refractivity contribution in [2.24, 2.45) is 0 Å². The van der Waals surface area contributed by atoms with E-state index in [4.69, 9.17) is 17.0 Å². The summed E-state index contributed by atoms with van der Waals surface area (Å²) in [7, 11) is 3.58. The first-order valence-electron chi connectivity index (χ1n) is 5.37. The summed E-state index contributed by atoms with van der Waals surface area (Å²) in [5, 5.41) is 0.318. The normalized spacial score (nSPS) is 10.4. The number of aryl methyl sites for hydroxylation is 1. The first-order valence-corrected chi connectivity index (χ1v) is 5.78. The van der Waals surface area contributed by atoms with Gasteiger partial charge in [-0.1, -0.05) is 0 Å². The van der Waals surface area contributed by atoms with Crippen molar-refractivity contribution in [1.82, 2.24) is 14.3 Å². The van der Waals surface area contributed by atoms with Gasteiger partial charge >= 0.3 is 0 Å². The van der Waals surface area contributed by atoms with Crippen LogP contribution in [0.3, 0.4) is 0 Å². The van der Waals surface area contributed by atoms with E-state index in [1.165, 1.54) is 10.5 Å². The molecule has 0 fully saturated rings. The molecule has 0 aliphatic rings. The quantitative estimate of drug-likeness (QED) is 0.724. The molecule has 0 saturated heterocycles. The van der Waals surface area contributed by atoms with E-state index in [-0.39, 0.29) is 5.56 Å². The van der Waals surface area contributed by atoms with Gasteiger partial charge in [-0.05, 0) is 31.3 Å². The zero-order valence-corrected chi connectivity index (χ0v) is 11.2. The Morgan fingerprint density at radius 2 is 2.22 bits per heavy atom. The lowest BCUT2D eigenvalue weighted by Gasteiger charge is -2.15. The summed E-state index contributed by atoms with van der Waals surface area (Å²) in [6.45, 7) is 1.77. The fraction of sp³-hybridized carbons (Fsp3) is 0.250. The fourth-order valence-corrected chi connectivity index (χ4v) is 1.57. The summed E-state index contributed by atoms with van der Waals surface area (Å²) in [5.74, 6) is 0.469. The van der Waals surface area contributed by atoms with Gasteiger partial charge in [-0.3, -0.25) is 9.20 Å². The van der Waals surface area contributed by atoms with Gasteiger partial charge in [-0.15, -0.1) is 0 Å². The molecular formula is C12H13N3O2S. The van der Waals surface area contributed by atoms with E-state index in [1.54, 1.807) is 44.2 Å². The standard InChI is InChI=1S/C12H13N3O2S/c1-8-7-10(16)15-6-4-5-9(11(15)13-8)17-12(18)14(2)3/h4-7H,1-3H3. The molecule has 2 aromatic rings. The van der Waals surface area contributed by atoms with Crippen molar-refractivity contribution in [3.63, 3.8) is 0 Å². The molecule has 94 valence electrons. The Morgan fingerprint density at radius 3 is 2.89 bits per heavy atom. The van der Waals surface area contributed by atoms with Gasteiger partial charge in [0.15, 0.2) is 11.4 Å². The molecule has 5 nitrogen and oxygen atoms in total. The molecule has 2 aromatic heterocycles. The summed E-state index contributed by atoms with van der Waals surface area (Å²) in [4.78, 5) is 17.8. The predicted octanol–water partition coefficient (Wildman–Crippen LogP) is 1.23. The van der Waals surface area contributed by atoms with Gasteiger partial charge in [-0.25, -0.2) is 4.98 Å². The van der Waals surface area contributed by atoms with Crippen LogP contribution in [0, 0.1) is 6.92 Å². The second kappa shape index (κ2) is 4.73. The highest BCUT2D eigenvalue weighted by Crippen LogP contribution is 2.17. The van der Waals surface area contributed by atoms with E-state index in [2.05, 4.69) is 4.98 Å². The Hall–Kier alpha value is -1.95. The smallest absolute Gasteiger partial charge is 0.264 e. The maximum absolute atomic E-state index is 11.8. The van der Waals surface area contributed by atoms with Gasteiger partial charge in [0.25, 0.3) is 10.7 Å². The van der Waals surface area contributed by atoms with Crippen LogP contribution in [-0.4, -0.2) is 33.6 Å². The van der Waals surface area contributed by atoms with Crippen LogP contribution in [0.5, 0.6) is 5.75 Å². The second-order valence-electron chi connectivity index (χ2n) is 4.06. The van der Waals surface area contributed by atoms with Crippen molar-refractivity contribution in [3.8, 4) is 5.75 Å². The van der Waals surface area contributed by atoms with Crippen LogP contribution in [0.4, 0.5) is 0 Å². The van der Waals surface area contributed by atoms with Gasteiger partial charge in [-0.2, -0.15) is 0 Å². The van der Waals surface area contributed by atoms with Gasteiger partial charge in [0.05, 0.1) is 0 Å². The Kier molecular flexibility index (Phi) is 3.29. The molecule has 0 aromatic carbocycles. The third-order valence-electron chi connectivity index (χ3n) is 2.35. The van der Waals surface area contributed by atoms with Crippen molar-refractivity contribution in [3.05, 3.63) is 40.4 Å². The first-order chi connectivity index (χ1) is 8.49. The molecular weight excluding hydrogens is 250 g/mol. The molecule has 6 heteroatoms. The number of pyridine rings is 1. The molecule has 2 rings (SSSR count). The highest BCUT2D eigenvalue weighted by Gasteiger charge is 2.09. The number of hydrogen-bond acceptors (Lipinski definition) is 4. The number of aromatic nitrogens is 2. The average Bonchev–Trinajstić information content (AvgIpc) is 2.29. The fourth-order valence-electron chi connectivity index (χ4n) is 1.48. The van der Waals surface area contributed by atoms with Gasteiger partial charge in [0, 0.05) is 32.1 Å². The number of thiocarbonyl (C=S) groups is 1. The lowest BCUT2D eigenvalue weighted by atomic mass is 10.4. The molecule has 0 saturated carbocycles. The van der Waals surface area contributed by atoms with Crippen LogP contribution in [0.2, 0.25) is 0 Å². The summed E-state index contributed by atoms with van der Waals surface area (Å²) >= 11 is 5.08. The summed E-state index contributed by atoms with van der Waals surface area (Å²) < 4.78 is 6.97. The Labute approximate surface area is 110 Å². The summed E-state index contributed by atoms with van der Waals surface area (Å²) in [6, 6.07) is 4.93. The Morgan fingerprint density at radius 1 is 1.50 bits per heavy atom. The Balaban J connectivity index is 2.58. The maximum atomic E-state index is 11.8. The topological polar surface area (TPSA) is 46.8 Å². The summed E-state index contributed by atoms with van der Waals surface area (Å²) in [6.07, 6.45) is 1.65. The number of hydrogen-bond donors (Lipinski definition) is 0. The van der Waals surface area contributed by atoms with Crippen molar-refractivity contribution in [2.45, 2.75) is 6.92 Å². The van der Waals surface area contributed by atoms with Crippen molar-refractivity contribution in [2.75, 3.05) is 14.1 Å². The van der Waals surface area contributed by atoms with Crippen molar-refractivity contribution < 1.29 is 4.74 Å². The van der Waals surface area contributed by atoms with E-state index >= 15 is 0 Å². The largest absolute Gasteiger partial charge is 0.428 e. The third kappa shape index (κ3) is 2.33. The minimum Gasteiger partial charge on any atom is -0.428 e. The highest BCUT2D eigenvalue weighted by atomic mass is 32.1. The molecule has 0 atom stereocenters. The second-order valence-corrected chi connectivity index (χ2v) is 4.41. The zero-order chi connectivity index (χ0) is 13.3. The van der Waals surface area contributed by atoms with E-state index < -0.39 is 0 Å². The third-order valence-corrected chi connectivity index (χ3v) is 2.79. The van der Waals surface area contributed by atoms with Crippen LogP contribution in [-0.2, 0) is 0 Å². The van der Waals surface area contributed by atoms with Gasteiger partial charge in [0.1, 0.15) is 0 Å². The number of nitrogens with zero attached hydrogens (tertiary/aromatic N) is 3. The first kappa shape index (κ1) is 12.5. The average molecular weight is 263 g/mol. The lowest BCUT2D eigenvalue weighted by Crippen LogP contribution is -2.25. The van der Waals surface area contributed by atoms with E-state index in [0.29, 0.717) is 22.3 Å². The minimum absolute atomic E-state index is 0.140. The van der Waals surface area contributed by atoms with Gasteiger partial charge in [0.2, 0.25) is 0 Å². The van der Waals surface area contributed by atoms with Crippen LogP contribution < -0.4 is 10.3 Å². The molecule has 2 heterocycles. The molecule has 18 heavy (non-hydrogen) atoms. The SMILES string of the molecule is Cc1cc(=O)n2cccc(OC(=S)N(C)C)c2n1. The van der Waals surface area contributed by atoms with Crippen LogP contribution in [0.1, 0.15) is 5.69 Å². The summed E-state index contributed by atoms with van der Waals surface area (Å²) in [5.41, 5.74) is 0.970. The lowest BCUT2D eigenvalue weighted by molar-refractivity contribution is 0.450. The minimum atomic E-state index is -0.140. The molecule has 0 spiro atoms. The maximum Gasteiger partial charge on any atom is 0.264 e. The number of ether oxygens (including phenoxy) is 1. The highest BCUT2D eigenvalue weighted by molar-refractivity contribution is 7.80. The number of rotatable bonds is 1. The predicted molar refractivity (Wildman–Crippen MR) is 73.1 cm³/mol.